The quantitative estimate of drug-likeness (QED) is 0.663. The smallest absolute Gasteiger partial charge is 0.257 e. The van der Waals surface area contributed by atoms with Gasteiger partial charge in [0, 0.05) is 18.4 Å². The maximum absolute atomic E-state index is 12.7. The molecule has 1 aromatic carbocycles. The van der Waals surface area contributed by atoms with Crippen molar-refractivity contribution in [2.24, 2.45) is 0 Å². The van der Waals surface area contributed by atoms with Gasteiger partial charge in [0.1, 0.15) is 0 Å². The van der Waals surface area contributed by atoms with E-state index in [0.717, 1.165) is 23.3 Å². The van der Waals surface area contributed by atoms with Crippen molar-refractivity contribution in [3.63, 3.8) is 0 Å². The van der Waals surface area contributed by atoms with Crippen LogP contribution in [0.15, 0.2) is 41.1 Å². The molecule has 6 heteroatoms. The van der Waals surface area contributed by atoms with Crippen LogP contribution in [0.2, 0.25) is 0 Å². The third-order valence-corrected chi connectivity index (χ3v) is 5.48. The molecule has 0 aliphatic carbocycles. The number of nitrogens with one attached hydrogen (secondary N) is 1. The number of fused-ring (bicyclic) bond motifs is 1. The Hall–Kier alpha value is -2.73. The number of hydrogen-bond acceptors (Lipinski definition) is 5. The van der Waals surface area contributed by atoms with Crippen molar-refractivity contribution >= 4 is 22.7 Å². The number of carbonyl (C=O) groups excluding carboxylic acids is 1. The fraction of sp³-hybridized carbons (Fsp3) is 0.435. The molecule has 152 valence electrons. The topological polar surface area (TPSA) is 71.3 Å². The van der Waals surface area contributed by atoms with Gasteiger partial charge in [-0.3, -0.25) is 9.69 Å². The van der Waals surface area contributed by atoms with Crippen molar-refractivity contribution < 1.29 is 9.32 Å². The predicted molar refractivity (Wildman–Crippen MR) is 114 cm³/mol. The number of pyridine rings is 1. The van der Waals surface area contributed by atoms with Gasteiger partial charge in [-0.1, -0.05) is 44.0 Å². The minimum Gasteiger partial charge on any atom is -0.336 e. The molecule has 1 fully saturated rings. The van der Waals surface area contributed by atoms with Gasteiger partial charge in [0.25, 0.3) is 11.6 Å². The number of anilines is 1. The molecule has 0 spiro atoms. The van der Waals surface area contributed by atoms with E-state index in [1.54, 1.807) is 6.07 Å². The summed E-state index contributed by atoms with van der Waals surface area (Å²) in [7, 11) is 0. The van der Waals surface area contributed by atoms with Crippen LogP contribution in [0.4, 0.5) is 5.69 Å². The second-order valence-corrected chi connectivity index (χ2v) is 8.14. The van der Waals surface area contributed by atoms with Crippen molar-refractivity contribution in [1.29, 1.82) is 0 Å². The van der Waals surface area contributed by atoms with Crippen molar-refractivity contribution in [1.82, 2.24) is 15.0 Å². The van der Waals surface area contributed by atoms with E-state index in [1.807, 2.05) is 26.0 Å². The Bertz CT molecular complexity index is 970. The average molecular weight is 393 g/mol. The van der Waals surface area contributed by atoms with Crippen LogP contribution < -0.4 is 5.32 Å². The number of nitrogens with zero attached hydrogens (tertiary/aromatic N) is 3. The molecule has 1 N–H and O–H groups in total. The molecule has 2 aromatic heterocycles. The lowest BCUT2D eigenvalue weighted by Crippen LogP contribution is -2.23. The maximum atomic E-state index is 12.7. The zero-order valence-electron chi connectivity index (χ0n) is 17.1. The van der Waals surface area contributed by atoms with Gasteiger partial charge in [0.15, 0.2) is 0 Å². The highest BCUT2D eigenvalue weighted by atomic mass is 16.5. The first kappa shape index (κ1) is 19.6. The molecule has 6 nitrogen and oxygen atoms in total. The summed E-state index contributed by atoms with van der Waals surface area (Å²) >= 11 is 0. The van der Waals surface area contributed by atoms with Crippen molar-refractivity contribution in [3.8, 4) is 0 Å². The van der Waals surface area contributed by atoms with Crippen molar-refractivity contribution in [2.75, 3.05) is 18.4 Å². The van der Waals surface area contributed by atoms with E-state index < -0.39 is 0 Å². The van der Waals surface area contributed by atoms with Crippen LogP contribution in [0.1, 0.15) is 67.1 Å². The zero-order valence-corrected chi connectivity index (χ0v) is 17.1. The standard InChI is InChI=1S/C23H28N4O2/c1-16(2)21-20-13-18(14-24-23(20)29-26-21)22(28)25-19-9-7-17(8-10-19)15-27-11-5-3-4-6-12-27/h7-10,13-14,16H,3-6,11-12,15H2,1-2H3,(H,25,28). The van der Waals surface area contributed by atoms with Gasteiger partial charge in [0.2, 0.25) is 0 Å². The van der Waals surface area contributed by atoms with Crippen molar-refractivity contribution in [2.45, 2.75) is 52.0 Å². The lowest BCUT2D eigenvalue weighted by atomic mass is 10.1. The van der Waals surface area contributed by atoms with Crippen LogP contribution in [-0.2, 0) is 6.54 Å². The van der Waals surface area contributed by atoms with Crippen LogP contribution >= 0.6 is 0 Å². The van der Waals surface area contributed by atoms with Gasteiger partial charge in [-0.15, -0.1) is 0 Å². The van der Waals surface area contributed by atoms with Crippen LogP contribution in [0, 0.1) is 0 Å². The van der Waals surface area contributed by atoms with Gasteiger partial charge in [-0.05, 0) is 55.6 Å². The second kappa shape index (κ2) is 8.74. The Balaban J connectivity index is 1.43. The number of rotatable bonds is 5. The first-order chi connectivity index (χ1) is 14.1. The molecule has 1 aliphatic rings. The minimum absolute atomic E-state index is 0.185. The summed E-state index contributed by atoms with van der Waals surface area (Å²) in [5.41, 5.74) is 3.84. The molecule has 1 aliphatic heterocycles. The number of likely N-dealkylation sites (tertiary alicyclic amines) is 1. The molecule has 0 radical (unpaired) electrons. The average Bonchev–Trinajstić information content (AvgIpc) is 2.98. The number of carbonyl (C=O) groups is 1. The Kier molecular flexibility index (Phi) is 5.90. The molecule has 1 saturated heterocycles. The molecule has 3 heterocycles. The highest BCUT2D eigenvalue weighted by Gasteiger charge is 2.16. The summed E-state index contributed by atoms with van der Waals surface area (Å²) in [6.07, 6.45) is 6.79. The van der Waals surface area contributed by atoms with E-state index in [-0.39, 0.29) is 11.8 Å². The van der Waals surface area contributed by atoms with E-state index >= 15 is 0 Å². The minimum atomic E-state index is -0.185. The predicted octanol–water partition coefficient (Wildman–Crippen LogP) is 4.97. The molecule has 0 unspecified atom stereocenters. The van der Waals surface area contributed by atoms with Gasteiger partial charge in [-0.2, -0.15) is 0 Å². The first-order valence-electron chi connectivity index (χ1n) is 10.5. The lowest BCUT2D eigenvalue weighted by Gasteiger charge is -2.19. The molecule has 29 heavy (non-hydrogen) atoms. The second-order valence-electron chi connectivity index (χ2n) is 8.14. The van der Waals surface area contributed by atoms with Gasteiger partial charge in [-0.25, -0.2) is 4.98 Å². The Labute approximate surface area is 171 Å². The highest BCUT2D eigenvalue weighted by Crippen LogP contribution is 2.24. The lowest BCUT2D eigenvalue weighted by molar-refractivity contribution is 0.102. The van der Waals surface area contributed by atoms with Gasteiger partial charge >= 0.3 is 0 Å². The number of amides is 1. The fourth-order valence-electron chi connectivity index (χ4n) is 3.84. The van der Waals surface area contributed by atoms with E-state index in [4.69, 9.17) is 4.52 Å². The Morgan fingerprint density at radius 3 is 2.55 bits per heavy atom. The van der Waals surface area contributed by atoms with Gasteiger partial charge < -0.3 is 9.84 Å². The molecule has 0 atom stereocenters. The molecule has 4 rings (SSSR count). The van der Waals surface area contributed by atoms with E-state index in [0.29, 0.717) is 11.3 Å². The zero-order chi connectivity index (χ0) is 20.2. The van der Waals surface area contributed by atoms with E-state index in [2.05, 4.69) is 32.5 Å². The van der Waals surface area contributed by atoms with Crippen molar-refractivity contribution in [3.05, 3.63) is 53.3 Å². The summed E-state index contributed by atoms with van der Waals surface area (Å²) in [5.74, 6) is 0.0173. The maximum Gasteiger partial charge on any atom is 0.257 e. The number of hydrogen-bond donors (Lipinski definition) is 1. The summed E-state index contributed by atoms with van der Waals surface area (Å²) in [4.78, 5) is 19.4. The van der Waals surface area contributed by atoms with Crippen LogP contribution in [-0.4, -0.2) is 34.0 Å². The molecule has 0 saturated carbocycles. The first-order valence-corrected chi connectivity index (χ1v) is 10.5. The summed E-state index contributed by atoms with van der Waals surface area (Å²) in [5, 5.41) is 7.82. The molecule has 3 aromatic rings. The fourth-order valence-corrected chi connectivity index (χ4v) is 3.84. The Morgan fingerprint density at radius 2 is 1.86 bits per heavy atom. The van der Waals surface area contributed by atoms with Crippen LogP contribution in [0.25, 0.3) is 11.1 Å². The SMILES string of the molecule is CC(C)c1noc2ncc(C(=O)Nc3ccc(CN4CCCCCC4)cc3)cc12. The highest BCUT2D eigenvalue weighted by molar-refractivity contribution is 6.05. The summed E-state index contributed by atoms with van der Waals surface area (Å²) in [6, 6.07) is 9.93. The van der Waals surface area contributed by atoms with Gasteiger partial charge in [0.05, 0.1) is 16.6 Å². The van der Waals surface area contributed by atoms with Crippen LogP contribution in [0.3, 0.4) is 0 Å². The third kappa shape index (κ3) is 4.65. The molecular weight excluding hydrogens is 364 g/mol. The van der Waals surface area contributed by atoms with E-state index in [1.165, 1.54) is 50.5 Å². The number of aromatic nitrogens is 2. The molecule has 0 bridgehead atoms. The third-order valence-electron chi connectivity index (χ3n) is 5.48. The summed E-state index contributed by atoms with van der Waals surface area (Å²) < 4.78 is 5.25. The molecular formula is C23H28N4O2. The monoisotopic (exact) mass is 392 g/mol. The van der Waals surface area contributed by atoms with E-state index in [9.17, 15) is 4.79 Å². The Morgan fingerprint density at radius 1 is 1.14 bits per heavy atom. The normalized spacial score (nSPS) is 15.6. The molecule has 1 amide bonds. The largest absolute Gasteiger partial charge is 0.336 e. The number of benzene rings is 1. The summed E-state index contributed by atoms with van der Waals surface area (Å²) in [6.45, 7) is 7.40. The van der Waals surface area contributed by atoms with Crippen LogP contribution in [0.5, 0.6) is 0 Å².